The summed E-state index contributed by atoms with van der Waals surface area (Å²) < 4.78 is 0. The fourth-order valence-corrected chi connectivity index (χ4v) is 0.568. The van der Waals surface area contributed by atoms with E-state index >= 15 is 0 Å². The first-order valence-corrected chi connectivity index (χ1v) is 3.00. The van der Waals surface area contributed by atoms with Gasteiger partial charge in [0.25, 0.3) is 0 Å². The molecule has 0 aliphatic rings. The smallest absolute Gasteiger partial charge is 0.303 e. The molecule has 1 unspecified atom stereocenters. The van der Waals surface area contributed by atoms with Gasteiger partial charge in [0.2, 0.25) is 0 Å². The van der Waals surface area contributed by atoms with Crippen molar-refractivity contribution < 1.29 is 15.0 Å². The zero-order chi connectivity index (χ0) is 7.28. The van der Waals surface area contributed by atoms with Crippen molar-refractivity contribution in [3.8, 4) is 0 Å². The number of hydrogen-bond acceptors (Lipinski definition) is 2. The second-order valence-corrected chi connectivity index (χ2v) is 2.04. The molecule has 0 aliphatic carbocycles. The average Bonchev–Trinajstić information content (AvgIpc) is 1.82. The number of carboxylic acid groups (broad SMARTS) is 1. The third kappa shape index (κ3) is 3.97. The summed E-state index contributed by atoms with van der Waals surface area (Å²) in [4.78, 5) is 9.99. The van der Waals surface area contributed by atoms with E-state index in [4.69, 9.17) is 5.11 Å². The molecule has 0 saturated carbocycles. The second kappa shape index (κ2) is 4.32. The van der Waals surface area contributed by atoms with Gasteiger partial charge in [-0.2, -0.15) is 0 Å². The Morgan fingerprint density at radius 2 is 2.33 bits per heavy atom. The van der Waals surface area contributed by atoms with E-state index in [9.17, 15) is 9.90 Å². The van der Waals surface area contributed by atoms with E-state index in [0.717, 1.165) is 0 Å². The Morgan fingerprint density at radius 3 is 2.44 bits per heavy atom. The van der Waals surface area contributed by atoms with E-state index in [-0.39, 0.29) is 18.9 Å². The standard InChI is InChI=1S/C6H11O3/c1-2-5(4-7)3-6(8)9/h5H,2-4H2,1H3,(H,8,9)/q-1. The Balaban J connectivity index is 3.43. The van der Waals surface area contributed by atoms with E-state index in [1.165, 1.54) is 0 Å². The SMILES string of the molecule is CCC(C[O-])CC(=O)O. The Kier molecular flexibility index (Phi) is 4.05. The van der Waals surface area contributed by atoms with Gasteiger partial charge < -0.3 is 10.2 Å². The number of hydrogen-bond donors (Lipinski definition) is 1. The summed E-state index contributed by atoms with van der Waals surface area (Å²) in [7, 11) is 0. The molecule has 0 amide bonds. The maximum atomic E-state index is 10.1. The molecule has 0 rings (SSSR count). The summed E-state index contributed by atoms with van der Waals surface area (Å²) >= 11 is 0. The lowest BCUT2D eigenvalue weighted by Gasteiger charge is -2.14. The van der Waals surface area contributed by atoms with Crippen LogP contribution in [0.2, 0.25) is 0 Å². The highest BCUT2D eigenvalue weighted by Crippen LogP contribution is 2.04. The van der Waals surface area contributed by atoms with Crippen LogP contribution in [0.5, 0.6) is 0 Å². The molecule has 3 nitrogen and oxygen atoms in total. The van der Waals surface area contributed by atoms with Gasteiger partial charge in [-0.1, -0.05) is 13.3 Å². The van der Waals surface area contributed by atoms with Crippen LogP contribution in [0.1, 0.15) is 19.8 Å². The molecule has 1 atom stereocenters. The third-order valence-corrected chi connectivity index (χ3v) is 1.28. The summed E-state index contributed by atoms with van der Waals surface area (Å²) in [5, 5.41) is 18.3. The predicted octanol–water partition coefficient (Wildman–Crippen LogP) is -0.152. The lowest BCUT2D eigenvalue weighted by molar-refractivity contribution is -0.379. The number of aliphatic carboxylic acids is 1. The van der Waals surface area contributed by atoms with Crippen LogP contribution in [0.25, 0.3) is 0 Å². The maximum Gasteiger partial charge on any atom is 0.303 e. The van der Waals surface area contributed by atoms with Crippen LogP contribution in [0.15, 0.2) is 0 Å². The number of carboxylic acids is 1. The molecule has 0 heterocycles. The summed E-state index contributed by atoms with van der Waals surface area (Å²) in [5.74, 6) is -1.06. The largest absolute Gasteiger partial charge is 0.854 e. The van der Waals surface area contributed by atoms with Gasteiger partial charge in [-0.3, -0.25) is 4.79 Å². The van der Waals surface area contributed by atoms with Gasteiger partial charge in [0.05, 0.1) is 0 Å². The summed E-state index contributed by atoms with van der Waals surface area (Å²) in [6.45, 7) is 1.55. The molecule has 0 radical (unpaired) electrons. The van der Waals surface area contributed by atoms with Gasteiger partial charge in [-0.15, -0.1) is 6.61 Å². The Bertz CT molecular complexity index is 86.3. The van der Waals surface area contributed by atoms with Gasteiger partial charge in [0.1, 0.15) is 0 Å². The van der Waals surface area contributed by atoms with Crippen molar-refractivity contribution in [1.82, 2.24) is 0 Å². The van der Waals surface area contributed by atoms with Crippen molar-refractivity contribution in [2.45, 2.75) is 19.8 Å². The van der Waals surface area contributed by atoms with E-state index in [0.29, 0.717) is 6.42 Å². The van der Waals surface area contributed by atoms with Gasteiger partial charge in [0.15, 0.2) is 0 Å². The van der Waals surface area contributed by atoms with E-state index in [2.05, 4.69) is 0 Å². The summed E-state index contributed by atoms with van der Waals surface area (Å²) in [6, 6.07) is 0. The Labute approximate surface area is 54.3 Å². The molecule has 0 saturated heterocycles. The van der Waals surface area contributed by atoms with Crippen LogP contribution < -0.4 is 5.11 Å². The monoisotopic (exact) mass is 131 g/mol. The Hall–Kier alpha value is -0.570. The van der Waals surface area contributed by atoms with Crippen molar-refractivity contribution in [3.63, 3.8) is 0 Å². The molecular formula is C6H11O3-. The highest BCUT2D eigenvalue weighted by atomic mass is 16.4. The zero-order valence-corrected chi connectivity index (χ0v) is 5.46. The quantitative estimate of drug-likeness (QED) is 0.577. The van der Waals surface area contributed by atoms with Gasteiger partial charge >= 0.3 is 5.97 Å². The van der Waals surface area contributed by atoms with E-state index in [1.807, 2.05) is 6.92 Å². The predicted molar refractivity (Wildman–Crippen MR) is 30.9 cm³/mol. The zero-order valence-electron chi connectivity index (χ0n) is 5.46. The molecule has 0 aromatic heterocycles. The molecule has 0 aromatic rings. The second-order valence-electron chi connectivity index (χ2n) is 2.04. The van der Waals surface area contributed by atoms with Crippen LogP contribution >= 0.6 is 0 Å². The molecule has 0 aliphatic heterocycles. The first-order chi connectivity index (χ1) is 4.20. The van der Waals surface area contributed by atoms with E-state index < -0.39 is 5.97 Å². The topological polar surface area (TPSA) is 60.4 Å². The lowest BCUT2D eigenvalue weighted by atomic mass is 10.0. The number of carbonyl (C=O) groups is 1. The Morgan fingerprint density at radius 1 is 1.78 bits per heavy atom. The minimum atomic E-state index is -0.877. The summed E-state index contributed by atoms with van der Waals surface area (Å²) in [5.41, 5.74) is 0. The van der Waals surface area contributed by atoms with Crippen LogP contribution in [-0.4, -0.2) is 17.7 Å². The van der Waals surface area contributed by atoms with Crippen LogP contribution in [0, 0.1) is 5.92 Å². The molecule has 3 heteroatoms. The van der Waals surface area contributed by atoms with Gasteiger partial charge in [-0.05, 0) is 5.92 Å². The highest BCUT2D eigenvalue weighted by Gasteiger charge is 2.04. The molecule has 0 bridgehead atoms. The molecule has 9 heavy (non-hydrogen) atoms. The number of rotatable bonds is 4. The fraction of sp³-hybridized carbons (Fsp3) is 0.833. The maximum absolute atomic E-state index is 10.1. The van der Waals surface area contributed by atoms with Crippen molar-refractivity contribution in [1.29, 1.82) is 0 Å². The molecule has 1 N–H and O–H groups in total. The highest BCUT2D eigenvalue weighted by molar-refractivity contribution is 5.66. The minimum Gasteiger partial charge on any atom is -0.854 e. The normalized spacial score (nSPS) is 13.1. The van der Waals surface area contributed by atoms with Crippen molar-refractivity contribution in [2.24, 2.45) is 5.92 Å². The van der Waals surface area contributed by atoms with Crippen LogP contribution in [0.3, 0.4) is 0 Å². The third-order valence-electron chi connectivity index (χ3n) is 1.28. The molecular weight excluding hydrogens is 120 g/mol. The molecule has 0 spiro atoms. The fourth-order valence-electron chi connectivity index (χ4n) is 0.568. The molecule has 0 fully saturated rings. The average molecular weight is 131 g/mol. The van der Waals surface area contributed by atoms with Crippen LogP contribution in [0.4, 0.5) is 0 Å². The van der Waals surface area contributed by atoms with Crippen molar-refractivity contribution in [3.05, 3.63) is 0 Å². The minimum absolute atomic E-state index is 0.0139. The van der Waals surface area contributed by atoms with Gasteiger partial charge in [0, 0.05) is 6.42 Å². The first kappa shape index (κ1) is 8.43. The van der Waals surface area contributed by atoms with Crippen molar-refractivity contribution >= 4 is 5.97 Å². The van der Waals surface area contributed by atoms with Crippen molar-refractivity contribution in [2.75, 3.05) is 6.61 Å². The molecule has 0 aromatic carbocycles. The van der Waals surface area contributed by atoms with Gasteiger partial charge in [-0.25, -0.2) is 0 Å². The summed E-state index contributed by atoms with van der Waals surface area (Å²) in [6.07, 6.45) is 0.676. The molecule has 54 valence electrons. The first-order valence-electron chi connectivity index (χ1n) is 3.00. The van der Waals surface area contributed by atoms with Crippen LogP contribution in [-0.2, 0) is 4.79 Å². The van der Waals surface area contributed by atoms with E-state index in [1.54, 1.807) is 0 Å². The lowest BCUT2D eigenvalue weighted by Crippen LogP contribution is -2.20.